The molecule has 1 saturated heterocycles. The number of hydrogen-bond donors (Lipinski definition) is 2. The molecule has 1 heterocycles. The highest BCUT2D eigenvalue weighted by atomic mass is 16.6. The van der Waals surface area contributed by atoms with Crippen LogP contribution in [0.4, 0.5) is 0 Å². The number of benzene rings is 1. The lowest BCUT2D eigenvalue weighted by atomic mass is 10.0. The first-order valence-electron chi connectivity index (χ1n) is 6.45. The monoisotopic (exact) mass is 248 g/mol. The summed E-state index contributed by atoms with van der Waals surface area (Å²) in [5.41, 5.74) is 4.21. The zero-order chi connectivity index (χ0) is 12.8. The fraction of sp³-hybridized carbons (Fsp3) is 0.500. The van der Waals surface area contributed by atoms with Gasteiger partial charge in [0.15, 0.2) is 0 Å². The van der Waals surface area contributed by atoms with E-state index >= 15 is 0 Å². The maximum atomic E-state index is 11.8. The van der Waals surface area contributed by atoms with Crippen molar-refractivity contribution in [2.75, 3.05) is 19.7 Å². The second kappa shape index (κ2) is 6.52. The van der Waals surface area contributed by atoms with Crippen LogP contribution in [0.25, 0.3) is 0 Å². The maximum absolute atomic E-state index is 11.8. The highest BCUT2D eigenvalue weighted by Gasteiger charge is 2.14. The van der Waals surface area contributed by atoms with Gasteiger partial charge in [-0.25, -0.2) is 5.48 Å². The van der Waals surface area contributed by atoms with Gasteiger partial charge in [0.1, 0.15) is 0 Å². The van der Waals surface area contributed by atoms with Crippen molar-refractivity contribution < 1.29 is 9.63 Å². The van der Waals surface area contributed by atoms with Crippen molar-refractivity contribution in [3.8, 4) is 0 Å². The molecule has 1 aromatic carbocycles. The minimum Gasteiger partial charge on any atom is -0.316 e. The summed E-state index contributed by atoms with van der Waals surface area (Å²) in [6, 6.07) is 7.47. The number of amides is 1. The standard InChI is InChI=1S/C14H20N2O2/c1-11-4-2-6-13(8-11)14(17)16-18-10-12-5-3-7-15-9-12/h2,4,6,8,12,15H,3,5,7,9-10H2,1H3,(H,16,17). The molecule has 18 heavy (non-hydrogen) atoms. The van der Waals surface area contributed by atoms with Gasteiger partial charge in [0.2, 0.25) is 0 Å². The predicted molar refractivity (Wildman–Crippen MR) is 70.2 cm³/mol. The summed E-state index contributed by atoms with van der Waals surface area (Å²) in [5, 5.41) is 3.32. The normalized spacial score (nSPS) is 19.5. The highest BCUT2D eigenvalue weighted by molar-refractivity contribution is 5.93. The van der Waals surface area contributed by atoms with Crippen molar-refractivity contribution in [2.45, 2.75) is 19.8 Å². The molecular weight excluding hydrogens is 228 g/mol. The quantitative estimate of drug-likeness (QED) is 0.797. The van der Waals surface area contributed by atoms with Crippen molar-refractivity contribution in [3.63, 3.8) is 0 Å². The third-order valence-corrected chi connectivity index (χ3v) is 3.16. The van der Waals surface area contributed by atoms with Crippen LogP contribution in [0.2, 0.25) is 0 Å². The minimum absolute atomic E-state index is 0.178. The molecule has 2 rings (SSSR count). The van der Waals surface area contributed by atoms with Crippen molar-refractivity contribution >= 4 is 5.91 Å². The fourth-order valence-corrected chi connectivity index (χ4v) is 2.14. The Morgan fingerprint density at radius 3 is 3.17 bits per heavy atom. The summed E-state index contributed by atoms with van der Waals surface area (Å²) in [6.07, 6.45) is 2.34. The number of carbonyl (C=O) groups is 1. The van der Waals surface area contributed by atoms with E-state index in [-0.39, 0.29) is 5.91 Å². The van der Waals surface area contributed by atoms with Crippen molar-refractivity contribution in [3.05, 3.63) is 35.4 Å². The van der Waals surface area contributed by atoms with Gasteiger partial charge in [0.05, 0.1) is 6.61 Å². The molecular formula is C14H20N2O2. The van der Waals surface area contributed by atoms with E-state index in [1.807, 2.05) is 25.1 Å². The van der Waals surface area contributed by atoms with E-state index in [1.54, 1.807) is 6.07 Å². The third kappa shape index (κ3) is 3.82. The highest BCUT2D eigenvalue weighted by Crippen LogP contribution is 2.09. The second-order valence-corrected chi connectivity index (χ2v) is 4.82. The SMILES string of the molecule is Cc1cccc(C(=O)NOCC2CCCNC2)c1. The second-order valence-electron chi connectivity index (χ2n) is 4.82. The molecule has 0 bridgehead atoms. The van der Waals surface area contributed by atoms with Gasteiger partial charge in [0, 0.05) is 12.1 Å². The molecule has 4 nitrogen and oxygen atoms in total. The van der Waals surface area contributed by atoms with Crippen LogP contribution in [-0.2, 0) is 4.84 Å². The minimum atomic E-state index is -0.178. The van der Waals surface area contributed by atoms with Crippen molar-refractivity contribution in [1.82, 2.24) is 10.8 Å². The molecule has 1 unspecified atom stereocenters. The molecule has 1 aliphatic heterocycles. The first kappa shape index (κ1) is 13.1. The van der Waals surface area contributed by atoms with Gasteiger partial charge in [-0.1, -0.05) is 17.7 Å². The third-order valence-electron chi connectivity index (χ3n) is 3.16. The number of aryl methyl sites for hydroxylation is 1. The van der Waals surface area contributed by atoms with Crippen LogP contribution in [0.5, 0.6) is 0 Å². The predicted octanol–water partition coefficient (Wildman–Crippen LogP) is 1.66. The number of hydroxylamine groups is 1. The van der Waals surface area contributed by atoms with Crippen LogP contribution >= 0.6 is 0 Å². The number of hydrogen-bond acceptors (Lipinski definition) is 3. The number of rotatable bonds is 4. The first-order valence-corrected chi connectivity index (χ1v) is 6.45. The largest absolute Gasteiger partial charge is 0.316 e. The summed E-state index contributed by atoms with van der Waals surface area (Å²) >= 11 is 0. The number of piperidine rings is 1. The van der Waals surface area contributed by atoms with Crippen LogP contribution in [-0.4, -0.2) is 25.6 Å². The van der Waals surface area contributed by atoms with Crippen LogP contribution in [0.3, 0.4) is 0 Å². The Morgan fingerprint density at radius 2 is 2.44 bits per heavy atom. The molecule has 1 aromatic rings. The van der Waals surface area contributed by atoms with Gasteiger partial charge in [-0.2, -0.15) is 0 Å². The maximum Gasteiger partial charge on any atom is 0.274 e. The Labute approximate surface area is 108 Å². The van der Waals surface area contributed by atoms with E-state index in [2.05, 4.69) is 10.8 Å². The van der Waals surface area contributed by atoms with Crippen LogP contribution in [0, 0.1) is 12.8 Å². The van der Waals surface area contributed by atoms with Gasteiger partial charge in [-0.15, -0.1) is 0 Å². The van der Waals surface area contributed by atoms with E-state index in [1.165, 1.54) is 6.42 Å². The molecule has 1 aliphatic rings. The Bertz CT molecular complexity index is 401. The Balaban J connectivity index is 1.74. The van der Waals surface area contributed by atoms with E-state index < -0.39 is 0 Å². The summed E-state index contributed by atoms with van der Waals surface area (Å²) in [4.78, 5) is 17.1. The van der Waals surface area contributed by atoms with Gasteiger partial charge >= 0.3 is 0 Å². The van der Waals surface area contributed by atoms with Crippen LogP contribution in [0.15, 0.2) is 24.3 Å². The topological polar surface area (TPSA) is 50.4 Å². The molecule has 0 aromatic heterocycles. The van der Waals surface area contributed by atoms with E-state index in [0.29, 0.717) is 18.1 Å². The molecule has 0 radical (unpaired) electrons. The molecule has 0 spiro atoms. The zero-order valence-corrected chi connectivity index (χ0v) is 10.7. The average Bonchev–Trinajstić information content (AvgIpc) is 2.40. The molecule has 1 amide bonds. The number of nitrogens with one attached hydrogen (secondary N) is 2. The van der Waals surface area contributed by atoms with Gasteiger partial charge in [-0.05, 0) is 44.4 Å². The lowest BCUT2D eigenvalue weighted by molar-refractivity contribution is 0.0128. The van der Waals surface area contributed by atoms with E-state index in [9.17, 15) is 4.79 Å². The van der Waals surface area contributed by atoms with Crippen molar-refractivity contribution in [1.29, 1.82) is 0 Å². The van der Waals surface area contributed by atoms with Crippen LogP contribution < -0.4 is 10.8 Å². The van der Waals surface area contributed by atoms with Gasteiger partial charge in [-0.3, -0.25) is 9.63 Å². The van der Waals surface area contributed by atoms with Gasteiger partial charge < -0.3 is 5.32 Å². The number of carbonyl (C=O) groups excluding carboxylic acids is 1. The Hall–Kier alpha value is -1.39. The lowest BCUT2D eigenvalue weighted by Crippen LogP contribution is -2.35. The lowest BCUT2D eigenvalue weighted by Gasteiger charge is -2.22. The average molecular weight is 248 g/mol. The summed E-state index contributed by atoms with van der Waals surface area (Å²) in [5.74, 6) is 0.319. The zero-order valence-electron chi connectivity index (χ0n) is 10.7. The fourth-order valence-electron chi connectivity index (χ4n) is 2.14. The Morgan fingerprint density at radius 1 is 1.56 bits per heavy atom. The summed E-state index contributed by atoms with van der Waals surface area (Å²) in [6.45, 7) is 4.60. The van der Waals surface area contributed by atoms with E-state index in [0.717, 1.165) is 25.1 Å². The molecule has 1 atom stereocenters. The molecule has 0 saturated carbocycles. The molecule has 4 heteroatoms. The molecule has 1 fully saturated rings. The smallest absolute Gasteiger partial charge is 0.274 e. The molecule has 98 valence electrons. The Kier molecular flexibility index (Phi) is 4.73. The van der Waals surface area contributed by atoms with Crippen LogP contribution in [0.1, 0.15) is 28.8 Å². The molecule has 2 N–H and O–H groups in total. The van der Waals surface area contributed by atoms with E-state index in [4.69, 9.17) is 4.84 Å². The summed E-state index contributed by atoms with van der Waals surface area (Å²) in [7, 11) is 0. The van der Waals surface area contributed by atoms with Crippen molar-refractivity contribution in [2.24, 2.45) is 5.92 Å². The first-order chi connectivity index (χ1) is 8.75. The summed E-state index contributed by atoms with van der Waals surface area (Å²) < 4.78 is 0. The molecule has 0 aliphatic carbocycles. The van der Waals surface area contributed by atoms with Gasteiger partial charge in [0.25, 0.3) is 5.91 Å².